The van der Waals surface area contributed by atoms with Crippen LogP contribution in [0.1, 0.15) is 33.1 Å². The SMILES string of the molecule is CCCCC1(C)C=NC(N(C)C)=NC1O. The number of guanidine groups is 1. The molecule has 2 unspecified atom stereocenters. The van der Waals surface area contributed by atoms with Gasteiger partial charge >= 0.3 is 0 Å². The summed E-state index contributed by atoms with van der Waals surface area (Å²) < 4.78 is 0. The Kier molecular flexibility index (Phi) is 3.85. The summed E-state index contributed by atoms with van der Waals surface area (Å²) in [7, 11) is 3.75. The summed E-state index contributed by atoms with van der Waals surface area (Å²) in [6.07, 6.45) is 4.32. The van der Waals surface area contributed by atoms with Crippen molar-refractivity contribution in [1.82, 2.24) is 4.90 Å². The molecule has 1 rings (SSSR count). The van der Waals surface area contributed by atoms with Crippen LogP contribution in [0.25, 0.3) is 0 Å². The fourth-order valence-electron chi connectivity index (χ4n) is 1.54. The van der Waals surface area contributed by atoms with Crippen molar-refractivity contribution in [2.24, 2.45) is 15.4 Å². The number of aliphatic hydroxyl groups is 1. The highest BCUT2D eigenvalue weighted by Gasteiger charge is 2.33. The Bertz CT molecular complexity index is 273. The van der Waals surface area contributed by atoms with Gasteiger partial charge in [-0.15, -0.1) is 0 Å². The third-order valence-corrected chi connectivity index (χ3v) is 2.77. The number of aliphatic imine (C=N–C) groups is 2. The van der Waals surface area contributed by atoms with Crippen LogP contribution in [0.2, 0.25) is 0 Å². The second-order valence-corrected chi connectivity index (χ2v) is 4.56. The summed E-state index contributed by atoms with van der Waals surface area (Å²) in [6, 6.07) is 0. The van der Waals surface area contributed by atoms with Gasteiger partial charge in [-0.05, 0) is 6.42 Å². The summed E-state index contributed by atoms with van der Waals surface area (Å²) in [6.45, 7) is 4.15. The lowest BCUT2D eigenvalue weighted by Gasteiger charge is -2.32. The Morgan fingerprint density at radius 3 is 2.67 bits per heavy atom. The zero-order chi connectivity index (χ0) is 11.5. The lowest BCUT2D eigenvalue weighted by molar-refractivity contribution is 0.0836. The highest BCUT2D eigenvalue weighted by atomic mass is 16.3. The molecule has 2 atom stereocenters. The van der Waals surface area contributed by atoms with Gasteiger partial charge in [0.15, 0.2) is 6.23 Å². The molecule has 0 fully saturated rings. The van der Waals surface area contributed by atoms with E-state index >= 15 is 0 Å². The first kappa shape index (κ1) is 12.2. The zero-order valence-corrected chi connectivity index (χ0v) is 10.1. The molecule has 0 bridgehead atoms. The first-order valence-electron chi connectivity index (χ1n) is 5.48. The summed E-state index contributed by atoms with van der Waals surface area (Å²) in [5, 5.41) is 9.97. The molecule has 15 heavy (non-hydrogen) atoms. The summed E-state index contributed by atoms with van der Waals surface area (Å²) in [5.41, 5.74) is -0.296. The Balaban J connectivity index is 2.71. The van der Waals surface area contributed by atoms with E-state index < -0.39 is 6.23 Å². The van der Waals surface area contributed by atoms with Crippen molar-refractivity contribution in [1.29, 1.82) is 0 Å². The molecule has 4 heteroatoms. The monoisotopic (exact) mass is 211 g/mol. The van der Waals surface area contributed by atoms with Crippen molar-refractivity contribution in [3.63, 3.8) is 0 Å². The Morgan fingerprint density at radius 2 is 2.20 bits per heavy atom. The Morgan fingerprint density at radius 1 is 1.53 bits per heavy atom. The maximum absolute atomic E-state index is 9.97. The minimum Gasteiger partial charge on any atom is -0.371 e. The van der Waals surface area contributed by atoms with Gasteiger partial charge in [0.2, 0.25) is 5.96 Å². The van der Waals surface area contributed by atoms with Gasteiger partial charge in [0, 0.05) is 25.7 Å². The molecule has 0 saturated carbocycles. The van der Waals surface area contributed by atoms with Gasteiger partial charge in [0.25, 0.3) is 0 Å². The predicted molar refractivity (Wildman–Crippen MR) is 63.3 cm³/mol. The van der Waals surface area contributed by atoms with Crippen LogP contribution in [-0.4, -0.2) is 42.5 Å². The fourth-order valence-corrected chi connectivity index (χ4v) is 1.54. The Labute approximate surface area is 91.7 Å². The molecule has 0 radical (unpaired) electrons. The zero-order valence-electron chi connectivity index (χ0n) is 10.1. The van der Waals surface area contributed by atoms with Crippen LogP contribution in [-0.2, 0) is 0 Å². The number of hydrogen-bond donors (Lipinski definition) is 1. The maximum atomic E-state index is 9.97. The number of hydrogen-bond acceptors (Lipinski definition) is 4. The van der Waals surface area contributed by atoms with E-state index in [1.54, 1.807) is 4.90 Å². The topological polar surface area (TPSA) is 48.2 Å². The normalized spacial score (nSPS) is 30.2. The second-order valence-electron chi connectivity index (χ2n) is 4.56. The lowest BCUT2D eigenvalue weighted by Crippen LogP contribution is -2.39. The largest absolute Gasteiger partial charge is 0.371 e. The predicted octanol–water partition coefficient (Wildman–Crippen LogP) is 1.50. The molecule has 0 aromatic rings. The van der Waals surface area contributed by atoms with Gasteiger partial charge < -0.3 is 10.0 Å². The van der Waals surface area contributed by atoms with Crippen LogP contribution < -0.4 is 0 Å². The maximum Gasteiger partial charge on any atom is 0.222 e. The van der Waals surface area contributed by atoms with Crippen molar-refractivity contribution in [2.75, 3.05) is 14.1 Å². The summed E-state index contributed by atoms with van der Waals surface area (Å²) in [5.74, 6) is 0.594. The molecule has 0 aliphatic carbocycles. The van der Waals surface area contributed by atoms with E-state index in [-0.39, 0.29) is 5.41 Å². The molecule has 1 aliphatic heterocycles. The first-order valence-corrected chi connectivity index (χ1v) is 5.48. The molecule has 0 spiro atoms. The van der Waals surface area contributed by atoms with E-state index in [1.807, 2.05) is 27.2 Å². The van der Waals surface area contributed by atoms with Crippen LogP contribution >= 0.6 is 0 Å². The molecule has 1 N–H and O–H groups in total. The molecule has 1 heterocycles. The molecule has 0 saturated heterocycles. The molecular weight excluding hydrogens is 190 g/mol. The van der Waals surface area contributed by atoms with Crippen molar-refractivity contribution in [2.45, 2.75) is 39.3 Å². The van der Waals surface area contributed by atoms with Gasteiger partial charge in [-0.25, -0.2) is 9.98 Å². The van der Waals surface area contributed by atoms with Crippen molar-refractivity contribution in [3.8, 4) is 0 Å². The van der Waals surface area contributed by atoms with Gasteiger partial charge in [0.05, 0.1) is 0 Å². The number of aliphatic hydroxyl groups excluding tert-OH is 1. The van der Waals surface area contributed by atoms with Gasteiger partial charge in [-0.1, -0.05) is 26.7 Å². The molecule has 1 aliphatic rings. The van der Waals surface area contributed by atoms with Gasteiger partial charge in [-0.3, -0.25) is 0 Å². The molecule has 0 aromatic heterocycles. The molecule has 86 valence electrons. The third kappa shape index (κ3) is 2.78. The quantitative estimate of drug-likeness (QED) is 0.769. The van der Waals surface area contributed by atoms with Gasteiger partial charge in [0.1, 0.15) is 0 Å². The average molecular weight is 211 g/mol. The van der Waals surface area contributed by atoms with E-state index in [0.717, 1.165) is 19.3 Å². The van der Waals surface area contributed by atoms with Crippen LogP contribution in [0.3, 0.4) is 0 Å². The van der Waals surface area contributed by atoms with Crippen molar-refractivity contribution >= 4 is 12.2 Å². The molecular formula is C11H21N3O. The standard InChI is InChI=1S/C11H21N3O/c1-5-6-7-11(2)8-12-10(14(3)4)13-9(11)15/h8-9,15H,5-7H2,1-4H3. The molecule has 4 nitrogen and oxygen atoms in total. The highest BCUT2D eigenvalue weighted by molar-refractivity contribution is 5.91. The van der Waals surface area contributed by atoms with E-state index in [2.05, 4.69) is 16.9 Å². The molecule has 0 aromatic carbocycles. The van der Waals surface area contributed by atoms with Gasteiger partial charge in [-0.2, -0.15) is 0 Å². The minimum absolute atomic E-state index is 0.296. The first-order chi connectivity index (χ1) is 6.99. The average Bonchev–Trinajstić information content (AvgIpc) is 2.19. The number of rotatable bonds is 3. The summed E-state index contributed by atoms with van der Waals surface area (Å²) >= 11 is 0. The van der Waals surface area contributed by atoms with Crippen LogP contribution in [0, 0.1) is 5.41 Å². The second kappa shape index (κ2) is 4.75. The third-order valence-electron chi connectivity index (χ3n) is 2.77. The van der Waals surface area contributed by atoms with Crippen molar-refractivity contribution < 1.29 is 5.11 Å². The van der Waals surface area contributed by atoms with E-state index in [9.17, 15) is 5.11 Å². The van der Waals surface area contributed by atoms with Crippen LogP contribution in [0.5, 0.6) is 0 Å². The Hall–Kier alpha value is -0.900. The summed E-state index contributed by atoms with van der Waals surface area (Å²) in [4.78, 5) is 10.3. The fraction of sp³-hybridized carbons (Fsp3) is 0.818. The van der Waals surface area contributed by atoms with Crippen molar-refractivity contribution in [3.05, 3.63) is 0 Å². The van der Waals surface area contributed by atoms with Crippen LogP contribution in [0.4, 0.5) is 0 Å². The van der Waals surface area contributed by atoms with E-state index in [4.69, 9.17) is 0 Å². The molecule has 0 amide bonds. The van der Waals surface area contributed by atoms with Crippen LogP contribution in [0.15, 0.2) is 9.98 Å². The van der Waals surface area contributed by atoms with E-state index in [1.165, 1.54) is 0 Å². The number of nitrogens with zero attached hydrogens (tertiary/aromatic N) is 3. The number of unbranched alkanes of at least 4 members (excludes halogenated alkanes) is 1. The smallest absolute Gasteiger partial charge is 0.222 e. The lowest BCUT2D eigenvalue weighted by atomic mass is 9.84. The highest BCUT2D eigenvalue weighted by Crippen LogP contribution is 2.29. The minimum atomic E-state index is -0.668. The van der Waals surface area contributed by atoms with E-state index in [0.29, 0.717) is 5.96 Å².